The fraction of sp³-hybridized carbons (Fsp3) is 0.375. The monoisotopic (exact) mass is 285 g/mol. The normalized spacial score (nSPS) is 12.3. The summed E-state index contributed by atoms with van der Waals surface area (Å²) in [5.74, 6) is 0.609. The average molecular weight is 285 g/mol. The number of likely N-dealkylation sites (N-methyl/N-ethyl adjacent to an activating group) is 1. The summed E-state index contributed by atoms with van der Waals surface area (Å²) < 4.78 is 0. The van der Waals surface area contributed by atoms with Gasteiger partial charge in [-0.05, 0) is 18.7 Å². The zero-order valence-corrected chi connectivity index (χ0v) is 12.7. The first-order valence-electron chi connectivity index (χ1n) is 7.35. The quantitative estimate of drug-likeness (QED) is 0.818. The van der Waals surface area contributed by atoms with E-state index in [0.29, 0.717) is 17.7 Å². The topological polar surface area (TPSA) is 67.1 Å². The number of aromatic nitrogens is 2. The summed E-state index contributed by atoms with van der Waals surface area (Å²) in [4.78, 5) is 10.8. The molecule has 0 aliphatic heterocycles. The number of hydrogen-bond donors (Lipinski definition) is 2. The molecule has 112 valence electrons. The Morgan fingerprint density at radius 2 is 1.71 bits per heavy atom. The third-order valence-electron chi connectivity index (χ3n) is 3.56. The Hall–Kier alpha value is -2.14. The zero-order valence-electron chi connectivity index (χ0n) is 12.7. The molecule has 1 aromatic heterocycles. The summed E-state index contributed by atoms with van der Waals surface area (Å²) in [6, 6.07) is 10.8. The molecule has 3 N–H and O–H groups in total. The second-order valence-corrected chi connectivity index (χ2v) is 4.87. The van der Waals surface area contributed by atoms with E-state index in [4.69, 9.17) is 5.73 Å². The van der Waals surface area contributed by atoms with E-state index in [1.54, 1.807) is 12.4 Å². The molecule has 5 nitrogen and oxygen atoms in total. The van der Waals surface area contributed by atoms with E-state index in [1.807, 2.05) is 6.07 Å². The molecule has 1 unspecified atom stereocenters. The van der Waals surface area contributed by atoms with Crippen molar-refractivity contribution >= 4 is 11.6 Å². The van der Waals surface area contributed by atoms with E-state index >= 15 is 0 Å². The van der Waals surface area contributed by atoms with E-state index in [9.17, 15) is 0 Å². The van der Waals surface area contributed by atoms with Crippen molar-refractivity contribution < 1.29 is 0 Å². The smallest absolute Gasteiger partial charge is 0.222 e. The fourth-order valence-electron chi connectivity index (χ4n) is 2.41. The maximum absolute atomic E-state index is 5.60. The Morgan fingerprint density at radius 1 is 1.10 bits per heavy atom. The molecule has 0 bridgehead atoms. The van der Waals surface area contributed by atoms with E-state index < -0.39 is 0 Å². The number of anilines is 2. The van der Waals surface area contributed by atoms with Gasteiger partial charge in [0.1, 0.15) is 0 Å². The van der Waals surface area contributed by atoms with Crippen LogP contribution in [-0.4, -0.2) is 34.5 Å². The molecule has 2 aromatic rings. The van der Waals surface area contributed by atoms with Crippen LogP contribution in [0, 0.1) is 0 Å². The highest BCUT2D eigenvalue weighted by atomic mass is 15.2. The molecule has 21 heavy (non-hydrogen) atoms. The van der Waals surface area contributed by atoms with Crippen molar-refractivity contribution in [2.24, 2.45) is 0 Å². The predicted molar refractivity (Wildman–Crippen MR) is 87.0 cm³/mol. The lowest BCUT2D eigenvalue weighted by Gasteiger charge is -2.30. The van der Waals surface area contributed by atoms with E-state index in [-0.39, 0.29) is 0 Å². The Bertz CT molecular complexity index is 522. The van der Waals surface area contributed by atoms with Crippen molar-refractivity contribution in [3.05, 3.63) is 48.3 Å². The molecule has 0 radical (unpaired) electrons. The molecule has 0 amide bonds. The van der Waals surface area contributed by atoms with Gasteiger partial charge in [-0.15, -0.1) is 0 Å². The number of nitrogens with one attached hydrogen (secondary N) is 1. The molecule has 1 aromatic carbocycles. The van der Waals surface area contributed by atoms with Gasteiger partial charge in [0.05, 0.1) is 24.1 Å². The van der Waals surface area contributed by atoms with Gasteiger partial charge in [-0.25, -0.2) is 9.97 Å². The lowest BCUT2D eigenvalue weighted by atomic mass is 10.1. The largest absolute Gasteiger partial charge is 0.396 e. The molecule has 1 atom stereocenters. The van der Waals surface area contributed by atoms with Crippen LogP contribution in [-0.2, 0) is 0 Å². The highest BCUT2D eigenvalue weighted by molar-refractivity contribution is 5.36. The van der Waals surface area contributed by atoms with E-state index in [1.165, 1.54) is 5.56 Å². The van der Waals surface area contributed by atoms with Crippen LogP contribution in [0.3, 0.4) is 0 Å². The molecular formula is C16H23N5. The molecule has 0 saturated heterocycles. The molecule has 0 spiro atoms. The van der Waals surface area contributed by atoms with Gasteiger partial charge in [0, 0.05) is 6.54 Å². The number of nitrogens with two attached hydrogens (primary N) is 1. The maximum atomic E-state index is 5.60. The average Bonchev–Trinajstić information content (AvgIpc) is 2.54. The van der Waals surface area contributed by atoms with Crippen molar-refractivity contribution in [3.8, 4) is 0 Å². The number of hydrogen-bond acceptors (Lipinski definition) is 5. The van der Waals surface area contributed by atoms with Crippen molar-refractivity contribution in [1.82, 2.24) is 14.9 Å². The lowest BCUT2D eigenvalue weighted by Crippen LogP contribution is -2.33. The minimum Gasteiger partial charge on any atom is -0.396 e. The summed E-state index contributed by atoms with van der Waals surface area (Å²) in [5, 5.41) is 3.30. The highest BCUT2D eigenvalue weighted by Crippen LogP contribution is 2.20. The van der Waals surface area contributed by atoms with Crippen LogP contribution in [0.15, 0.2) is 42.7 Å². The van der Waals surface area contributed by atoms with Crippen LogP contribution in [0.1, 0.15) is 25.5 Å². The Balaban J connectivity index is 2.10. The van der Waals surface area contributed by atoms with Crippen molar-refractivity contribution in [2.45, 2.75) is 19.9 Å². The van der Waals surface area contributed by atoms with Crippen LogP contribution in [0.4, 0.5) is 11.6 Å². The Kier molecular flexibility index (Phi) is 5.51. The number of benzene rings is 1. The molecule has 0 saturated carbocycles. The molecule has 5 heteroatoms. The van der Waals surface area contributed by atoms with Gasteiger partial charge in [-0.1, -0.05) is 44.2 Å². The molecular weight excluding hydrogens is 262 g/mol. The van der Waals surface area contributed by atoms with E-state index in [0.717, 1.165) is 19.6 Å². The number of rotatable bonds is 7. The summed E-state index contributed by atoms with van der Waals surface area (Å²) in [7, 11) is 0. The third-order valence-corrected chi connectivity index (χ3v) is 3.56. The van der Waals surface area contributed by atoms with Gasteiger partial charge in [-0.3, -0.25) is 4.90 Å². The first-order chi connectivity index (χ1) is 10.2. The van der Waals surface area contributed by atoms with Gasteiger partial charge in [0.15, 0.2) is 0 Å². The minimum absolute atomic E-state index is 0.294. The third kappa shape index (κ3) is 4.16. The zero-order chi connectivity index (χ0) is 15.1. The summed E-state index contributed by atoms with van der Waals surface area (Å²) in [5.41, 5.74) is 7.47. The SMILES string of the molecule is CCN(CC)C(CNc1ncc(N)cn1)c1ccccc1. The van der Waals surface area contributed by atoms with Gasteiger partial charge in [-0.2, -0.15) is 0 Å². The highest BCUT2D eigenvalue weighted by Gasteiger charge is 2.17. The van der Waals surface area contributed by atoms with Gasteiger partial charge < -0.3 is 11.1 Å². The predicted octanol–water partition coefficient (Wildman–Crippen LogP) is 2.55. The number of nitrogens with zero attached hydrogens (tertiary/aromatic N) is 3. The van der Waals surface area contributed by atoms with Crippen LogP contribution in [0.25, 0.3) is 0 Å². The standard InChI is InChI=1S/C16H23N5/c1-3-21(4-2)15(13-8-6-5-7-9-13)12-20-16-18-10-14(17)11-19-16/h5-11,15H,3-4,12,17H2,1-2H3,(H,18,19,20). The van der Waals surface area contributed by atoms with Crippen molar-refractivity contribution in [2.75, 3.05) is 30.7 Å². The fourth-order valence-corrected chi connectivity index (χ4v) is 2.41. The summed E-state index contributed by atoms with van der Waals surface area (Å²) in [6.07, 6.45) is 3.23. The molecule has 0 aliphatic rings. The molecule has 1 heterocycles. The molecule has 0 fully saturated rings. The minimum atomic E-state index is 0.294. The van der Waals surface area contributed by atoms with Crippen LogP contribution in [0.5, 0.6) is 0 Å². The Labute approximate surface area is 126 Å². The van der Waals surface area contributed by atoms with Gasteiger partial charge in [0.2, 0.25) is 5.95 Å². The summed E-state index contributed by atoms with van der Waals surface area (Å²) >= 11 is 0. The summed E-state index contributed by atoms with van der Waals surface area (Å²) in [6.45, 7) is 7.12. The van der Waals surface area contributed by atoms with Crippen molar-refractivity contribution in [1.29, 1.82) is 0 Å². The first kappa shape index (κ1) is 15.3. The second kappa shape index (κ2) is 7.59. The number of nitrogen functional groups attached to an aromatic ring is 1. The van der Waals surface area contributed by atoms with E-state index in [2.05, 4.69) is 58.3 Å². The van der Waals surface area contributed by atoms with Gasteiger partial charge in [0.25, 0.3) is 0 Å². The van der Waals surface area contributed by atoms with Crippen LogP contribution < -0.4 is 11.1 Å². The maximum Gasteiger partial charge on any atom is 0.222 e. The molecule has 0 aliphatic carbocycles. The van der Waals surface area contributed by atoms with Gasteiger partial charge >= 0.3 is 0 Å². The van der Waals surface area contributed by atoms with Crippen LogP contribution >= 0.6 is 0 Å². The lowest BCUT2D eigenvalue weighted by molar-refractivity contribution is 0.228. The Morgan fingerprint density at radius 3 is 2.29 bits per heavy atom. The second-order valence-electron chi connectivity index (χ2n) is 4.87. The molecule has 2 rings (SSSR count). The van der Waals surface area contributed by atoms with Crippen LogP contribution in [0.2, 0.25) is 0 Å². The first-order valence-corrected chi connectivity index (χ1v) is 7.35. The van der Waals surface area contributed by atoms with Crippen molar-refractivity contribution in [3.63, 3.8) is 0 Å².